The van der Waals surface area contributed by atoms with Crippen molar-refractivity contribution in [2.24, 2.45) is 0 Å². The van der Waals surface area contributed by atoms with Crippen LogP contribution in [-0.4, -0.2) is 51.8 Å². The molecule has 2 aliphatic heterocycles. The first kappa shape index (κ1) is 19.5. The van der Waals surface area contributed by atoms with Crippen LogP contribution >= 0.6 is 0 Å². The van der Waals surface area contributed by atoms with Crippen molar-refractivity contribution < 1.29 is 28.6 Å². The minimum Gasteiger partial charge on any atom is -0.481 e. The maximum absolute atomic E-state index is 14.8. The third-order valence-corrected chi connectivity index (χ3v) is 6.17. The van der Waals surface area contributed by atoms with Gasteiger partial charge in [0.05, 0.1) is 36.5 Å². The van der Waals surface area contributed by atoms with Crippen molar-refractivity contribution in [3.63, 3.8) is 0 Å². The number of carbonyl (C=O) groups excluding carboxylic acids is 1. The van der Waals surface area contributed by atoms with E-state index in [1.807, 2.05) is 0 Å². The van der Waals surface area contributed by atoms with Gasteiger partial charge in [-0.1, -0.05) is 6.92 Å². The molecule has 4 heterocycles. The largest absolute Gasteiger partial charge is 0.481 e. The molecule has 3 aliphatic rings. The highest BCUT2D eigenvalue weighted by Gasteiger charge is 2.55. The topological polar surface area (TPSA) is 111 Å². The third kappa shape index (κ3) is 3.19. The summed E-state index contributed by atoms with van der Waals surface area (Å²) in [6.07, 6.45) is 1.77. The maximum Gasteiger partial charge on any atom is 0.405 e. The molecule has 2 saturated heterocycles. The van der Waals surface area contributed by atoms with Gasteiger partial charge in [0.25, 0.3) is 0 Å². The molecule has 0 aromatic carbocycles. The summed E-state index contributed by atoms with van der Waals surface area (Å²) in [5.74, 6) is -1.33. The molecule has 1 saturated carbocycles. The molecule has 0 spiro atoms. The molecule has 29 heavy (non-hydrogen) atoms. The zero-order valence-corrected chi connectivity index (χ0v) is 16.2. The highest BCUT2D eigenvalue weighted by Crippen LogP contribution is 2.46. The Labute approximate surface area is 166 Å². The van der Waals surface area contributed by atoms with Crippen LogP contribution in [0.1, 0.15) is 44.1 Å². The molecule has 3 fully saturated rings. The molecule has 5 rings (SSSR count). The van der Waals surface area contributed by atoms with Gasteiger partial charge in [0.1, 0.15) is 11.4 Å². The molecule has 1 aliphatic carbocycles. The van der Waals surface area contributed by atoms with Gasteiger partial charge in [-0.3, -0.25) is 9.78 Å². The monoisotopic (exact) mass is 403 g/mol. The summed E-state index contributed by atoms with van der Waals surface area (Å²) in [4.78, 5) is 32.9. The molecule has 2 aromatic rings. The fraction of sp³-hybridized carbons (Fsp3) is 0.500. The summed E-state index contributed by atoms with van der Waals surface area (Å²) in [6, 6.07) is 3.30. The quantitative estimate of drug-likeness (QED) is 0.790. The molecule has 1 atom stereocenters. The molecular formula is C20H22FN3O5. The molecule has 2 N–H and O–H groups in total. The molecule has 8 nitrogen and oxygen atoms in total. The van der Waals surface area contributed by atoms with Crippen LogP contribution < -0.4 is 10.1 Å². The lowest BCUT2D eigenvalue weighted by Gasteiger charge is -2.52. The number of rotatable bonds is 5. The van der Waals surface area contributed by atoms with E-state index in [0.29, 0.717) is 37.1 Å². The average molecular weight is 403 g/mol. The average Bonchev–Trinajstić information content (AvgIpc) is 2.72. The number of nitrogens with zero attached hydrogens (tertiary/aromatic N) is 2. The van der Waals surface area contributed by atoms with Crippen molar-refractivity contribution in [3.05, 3.63) is 29.7 Å². The van der Waals surface area contributed by atoms with Crippen molar-refractivity contribution >= 4 is 22.9 Å². The molecule has 154 valence electrons. The van der Waals surface area contributed by atoms with Gasteiger partial charge in [0.15, 0.2) is 5.78 Å². The maximum atomic E-state index is 14.8. The van der Waals surface area contributed by atoms with Crippen molar-refractivity contribution in [3.8, 4) is 5.88 Å². The van der Waals surface area contributed by atoms with E-state index in [2.05, 4.69) is 15.3 Å². The zero-order chi connectivity index (χ0) is 20.8. The number of methoxy groups -OCH3 is 1. The van der Waals surface area contributed by atoms with Crippen molar-refractivity contribution in [1.29, 1.82) is 0 Å². The van der Waals surface area contributed by atoms with E-state index in [-0.39, 0.29) is 23.5 Å². The summed E-state index contributed by atoms with van der Waals surface area (Å²) in [7, 11) is 1.46. The number of amides is 1. The molecule has 9 heteroatoms. The fourth-order valence-corrected chi connectivity index (χ4v) is 4.50. The number of hydrogen-bond donors (Lipinski definition) is 2. The lowest BCUT2D eigenvalue weighted by Crippen LogP contribution is -2.65. The fourth-order valence-electron chi connectivity index (χ4n) is 4.50. The van der Waals surface area contributed by atoms with Crippen LogP contribution in [0.4, 0.5) is 9.18 Å². The summed E-state index contributed by atoms with van der Waals surface area (Å²) in [5, 5.41) is 11.6. The number of pyridine rings is 2. The lowest BCUT2D eigenvalue weighted by molar-refractivity contribution is -0.179. The number of carbonyl (C=O) groups is 2. The van der Waals surface area contributed by atoms with E-state index in [4.69, 9.17) is 14.6 Å². The van der Waals surface area contributed by atoms with Crippen LogP contribution in [0.25, 0.3) is 11.0 Å². The first-order valence-corrected chi connectivity index (χ1v) is 9.48. The van der Waals surface area contributed by atoms with E-state index >= 15 is 0 Å². The van der Waals surface area contributed by atoms with Crippen LogP contribution in [0, 0.1) is 5.82 Å². The van der Waals surface area contributed by atoms with Crippen molar-refractivity contribution in [2.45, 2.75) is 49.7 Å². The number of fused-ring (bicyclic) bond motifs is 4. The highest BCUT2D eigenvalue weighted by molar-refractivity contribution is 5.96. The van der Waals surface area contributed by atoms with Crippen molar-refractivity contribution in [1.82, 2.24) is 15.3 Å². The molecule has 1 amide bonds. The SMILES string of the molecule is COc1ccc2ncc(F)c(C(C)C(=O)C34CCC(NC(=O)O)(CC3)CO4)c2n1. The van der Waals surface area contributed by atoms with Gasteiger partial charge in [-0.2, -0.15) is 0 Å². The predicted molar refractivity (Wildman–Crippen MR) is 101 cm³/mol. The van der Waals surface area contributed by atoms with Gasteiger partial charge in [-0.15, -0.1) is 0 Å². The molecule has 2 aromatic heterocycles. The summed E-state index contributed by atoms with van der Waals surface area (Å²) < 4.78 is 25.8. The second-order valence-corrected chi connectivity index (χ2v) is 7.82. The number of aromatic nitrogens is 2. The van der Waals surface area contributed by atoms with Crippen LogP contribution in [-0.2, 0) is 9.53 Å². The van der Waals surface area contributed by atoms with Crippen LogP contribution in [0.15, 0.2) is 18.3 Å². The van der Waals surface area contributed by atoms with E-state index < -0.39 is 29.0 Å². The minimum atomic E-state index is -1.10. The Bertz CT molecular complexity index is 971. The first-order valence-electron chi connectivity index (χ1n) is 9.48. The molecule has 1 unspecified atom stereocenters. The van der Waals surface area contributed by atoms with E-state index in [0.717, 1.165) is 6.20 Å². The van der Waals surface area contributed by atoms with Gasteiger partial charge in [0, 0.05) is 17.5 Å². The number of carboxylic acid groups (broad SMARTS) is 1. The summed E-state index contributed by atoms with van der Waals surface area (Å²) in [6.45, 7) is 1.77. The summed E-state index contributed by atoms with van der Waals surface area (Å²) >= 11 is 0. The molecular weight excluding hydrogens is 381 g/mol. The number of halogens is 1. The Morgan fingerprint density at radius 3 is 2.62 bits per heavy atom. The van der Waals surface area contributed by atoms with E-state index in [9.17, 15) is 14.0 Å². The van der Waals surface area contributed by atoms with E-state index in [1.165, 1.54) is 7.11 Å². The molecule has 0 radical (unpaired) electrons. The number of nitrogens with one attached hydrogen (secondary N) is 1. The predicted octanol–water partition coefficient (Wildman–Crippen LogP) is 2.80. The minimum absolute atomic E-state index is 0.128. The second-order valence-electron chi connectivity index (χ2n) is 7.82. The Morgan fingerprint density at radius 1 is 1.31 bits per heavy atom. The number of Topliss-reactive ketones (excluding diaryl/α,β-unsaturated/α-hetero) is 1. The standard InChI is InChI=1S/C20H22FN3O5/c1-11(15-12(21)9-22-13-3-4-14(28-2)23-16(13)15)17(25)20-7-5-19(6-8-20,10-29-20)24-18(26)27/h3-4,9,11,24H,5-8,10H2,1-2H3,(H,26,27). The van der Waals surface area contributed by atoms with E-state index in [1.54, 1.807) is 19.1 Å². The number of hydrogen-bond acceptors (Lipinski definition) is 6. The molecule has 2 bridgehead atoms. The van der Waals surface area contributed by atoms with Crippen molar-refractivity contribution in [2.75, 3.05) is 13.7 Å². The Balaban J connectivity index is 1.66. The van der Waals surface area contributed by atoms with Crippen LogP contribution in [0.5, 0.6) is 5.88 Å². The third-order valence-electron chi connectivity index (χ3n) is 6.17. The highest BCUT2D eigenvalue weighted by atomic mass is 19.1. The van der Waals surface area contributed by atoms with Gasteiger partial charge in [0.2, 0.25) is 5.88 Å². The van der Waals surface area contributed by atoms with Gasteiger partial charge < -0.3 is 19.9 Å². The van der Waals surface area contributed by atoms with Crippen LogP contribution in [0.3, 0.4) is 0 Å². The van der Waals surface area contributed by atoms with Crippen LogP contribution in [0.2, 0.25) is 0 Å². The first-order chi connectivity index (χ1) is 13.8. The normalized spacial score (nSPS) is 26.9. The lowest BCUT2D eigenvalue weighted by atomic mass is 9.67. The smallest absolute Gasteiger partial charge is 0.405 e. The number of ether oxygens (including phenoxy) is 2. The number of ketones is 1. The van der Waals surface area contributed by atoms with Gasteiger partial charge >= 0.3 is 6.09 Å². The van der Waals surface area contributed by atoms with Gasteiger partial charge in [-0.05, 0) is 31.7 Å². The summed E-state index contributed by atoms with van der Waals surface area (Å²) in [5.41, 5.74) is -0.765. The Hall–Kier alpha value is -2.81. The zero-order valence-electron chi connectivity index (χ0n) is 16.2. The Morgan fingerprint density at radius 2 is 2.03 bits per heavy atom. The second kappa shape index (κ2) is 6.91. The Kier molecular flexibility index (Phi) is 4.65. The van der Waals surface area contributed by atoms with Gasteiger partial charge in [-0.25, -0.2) is 14.2 Å².